The predicted octanol–water partition coefficient (Wildman–Crippen LogP) is 3.89. The van der Waals surface area contributed by atoms with Crippen LogP contribution in [0.2, 0.25) is 5.02 Å². The Balaban J connectivity index is 2.16. The molecule has 7 nitrogen and oxygen atoms in total. The third-order valence-corrected chi connectivity index (χ3v) is 4.47. The van der Waals surface area contributed by atoms with Crippen LogP contribution in [0, 0.1) is 0 Å². The number of H-pyrrole nitrogens is 1. The van der Waals surface area contributed by atoms with Crippen molar-refractivity contribution in [2.75, 3.05) is 0 Å². The molecule has 3 aromatic rings. The lowest BCUT2D eigenvalue weighted by Crippen LogP contribution is -2.10. The number of rotatable bonds is 4. The van der Waals surface area contributed by atoms with Gasteiger partial charge in [-0.05, 0) is 30.3 Å². The number of phosphoric ester groups is 1. The summed E-state index contributed by atoms with van der Waals surface area (Å²) in [6, 6.07) is 10.9. The van der Waals surface area contributed by atoms with Gasteiger partial charge in [0, 0.05) is 5.02 Å². The molecule has 0 aliphatic heterocycles. The van der Waals surface area contributed by atoms with Crippen LogP contribution in [0.15, 0.2) is 47.3 Å². The minimum atomic E-state index is -4.48. The van der Waals surface area contributed by atoms with E-state index in [-0.39, 0.29) is 17.1 Å². The molecule has 0 saturated carbocycles. The van der Waals surface area contributed by atoms with Crippen molar-refractivity contribution in [3.63, 3.8) is 0 Å². The fourth-order valence-electron chi connectivity index (χ4n) is 2.12. The minimum absolute atomic E-state index is 0.0274. The summed E-state index contributed by atoms with van der Waals surface area (Å²) in [6.45, 7) is 0. The Morgan fingerprint density at radius 3 is 2.71 bits per heavy atom. The smallest absolute Gasteiger partial charge is 0.403 e. The number of phosphoric acid groups is 1. The first-order valence-electron chi connectivity index (χ1n) is 6.51. The zero-order chi connectivity index (χ0) is 17.3. The van der Waals surface area contributed by atoms with Crippen molar-refractivity contribution in [1.29, 1.82) is 0 Å². The average molecular weight is 387 g/mol. The normalized spacial score (nSPS) is 13.6. The Morgan fingerprint density at radius 1 is 1.21 bits per heavy atom. The van der Waals surface area contributed by atoms with Crippen LogP contribution < -0.4 is 10.1 Å². The fraction of sp³-hybridized carbons (Fsp3) is 0. The van der Waals surface area contributed by atoms with Crippen molar-refractivity contribution in [1.82, 2.24) is 9.97 Å². The van der Waals surface area contributed by atoms with Gasteiger partial charge in [0.15, 0.2) is 0 Å². The van der Waals surface area contributed by atoms with E-state index in [1.165, 1.54) is 12.1 Å². The molecule has 124 valence electrons. The molecule has 0 fully saturated rings. The molecule has 2 N–H and O–H groups in total. The van der Waals surface area contributed by atoms with Gasteiger partial charge in [0.1, 0.15) is 11.6 Å². The van der Waals surface area contributed by atoms with Crippen molar-refractivity contribution in [3.8, 4) is 17.1 Å². The molecule has 0 bridgehead atoms. The van der Waals surface area contributed by atoms with Gasteiger partial charge < -0.3 is 9.51 Å². The molecule has 0 aliphatic carbocycles. The van der Waals surface area contributed by atoms with Gasteiger partial charge in [-0.25, -0.2) is 9.55 Å². The second kappa shape index (κ2) is 6.55. The van der Waals surface area contributed by atoms with E-state index < -0.39 is 13.4 Å². The SMILES string of the molecule is O=c1[nH]c(-c2ccccc2OP(=O)(O)OCl)nc2ccc(Cl)cc12. The summed E-state index contributed by atoms with van der Waals surface area (Å²) < 4.78 is 20.3. The first-order valence-corrected chi connectivity index (χ1v) is 8.69. The van der Waals surface area contributed by atoms with E-state index in [1.807, 2.05) is 0 Å². The maximum absolute atomic E-state index is 12.2. The first-order chi connectivity index (χ1) is 11.4. The summed E-state index contributed by atoms with van der Waals surface area (Å²) >= 11 is 10.8. The van der Waals surface area contributed by atoms with Gasteiger partial charge >= 0.3 is 7.82 Å². The lowest BCUT2D eigenvalue weighted by molar-refractivity contribution is 0.301. The van der Waals surface area contributed by atoms with E-state index in [9.17, 15) is 14.3 Å². The zero-order valence-electron chi connectivity index (χ0n) is 11.8. The molecule has 1 aromatic heterocycles. The van der Waals surface area contributed by atoms with E-state index in [2.05, 4.69) is 14.0 Å². The quantitative estimate of drug-likeness (QED) is 0.659. The predicted molar refractivity (Wildman–Crippen MR) is 90.2 cm³/mol. The van der Waals surface area contributed by atoms with Gasteiger partial charge in [-0.1, -0.05) is 23.7 Å². The van der Waals surface area contributed by atoms with Crippen LogP contribution in [-0.4, -0.2) is 14.9 Å². The van der Waals surface area contributed by atoms with Gasteiger partial charge in [-0.2, -0.15) is 4.08 Å². The van der Waals surface area contributed by atoms with Gasteiger partial charge in [-0.15, -0.1) is 0 Å². The Hall–Kier alpha value is -1.89. The summed E-state index contributed by atoms with van der Waals surface area (Å²) in [6.07, 6.45) is 0. The first kappa shape index (κ1) is 17.0. The third-order valence-electron chi connectivity index (χ3n) is 3.11. The highest BCUT2D eigenvalue weighted by molar-refractivity contribution is 7.48. The van der Waals surface area contributed by atoms with Crippen LogP contribution in [0.25, 0.3) is 22.3 Å². The summed E-state index contributed by atoms with van der Waals surface area (Å²) in [5, 5.41) is 0.730. The number of aromatic amines is 1. The van der Waals surface area contributed by atoms with Crippen molar-refractivity contribution < 1.29 is 18.1 Å². The minimum Gasteiger partial charge on any atom is -0.403 e. The molecular formula is C14H9Cl2N2O5P. The van der Waals surface area contributed by atoms with Crippen LogP contribution in [0.5, 0.6) is 5.75 Å². The van der Waals surface area contributed by atoms with Crippen molar-refractivity contribution >= 4 is 42.2 Å². The maximum atomic E-state index is 12.2. The maximum Gasteiger partial charge on any atom is 0.544 e. The highest BCUT2D eigenvalue weighted by atomic mass is 35.5. The standard InChI is InChI=1S/C14H9Cl2N2O5P/c15-8-5-6-11-10(7-8)14(19)18-13(17-11)9-3-1-2-4-12(9)22-24(20,21)23-16/h1-7H,(H,20,21)(H,17,18,19). The number of hydrogen-bond donors (Lipinski definition) is 2. The Kier molecular flexibility index (Phi) is 4.62. The van der Waals surface area contributed by atoms with Crippen molar-refractivity contribution in [2.24, 2.45) is 0 Å². The molecule has 3 rings (SSSR count). The van der Waals surface area contributed by atoms with E-state index >= 15 is 0 Å². The number of fused-ring (bicyclic) bond motifs is 1. The lowest BCUT2D eigenvalue weighted by Gasteiger charge is -2.12. The Morgan fingerprint density at radius 2 is 1.96 bits per heavy atom. The van der Waals surface area contributed by atoms with E-state index in [4.69, 9.17) is 28.0 Å². The molecular weight excluding hydrogens is 378 g/mol. The summed E-state index contributed by atoms with van der Waals surface area (Å²) in [5.74, 6) is 0.125. The van der Waals surface area contributed by atoms with Gasteiger partial charge in [0.05, 0.1) is 28.3 Å². The third kappa shape index (κ3) is 3.45. The Labute approximate surface area is 145 Å². The van der Waals surface area contributed by atoms with Crippen LogP contribution >= 0.6 is 31.3 Å². The van der Waals surface area contributed by atoms with Gasteiger partial charge in [0.25, 0.3) is 5.56 Å². The van der Waals surface area contributed by atoms with Crippen molar-refractivity contribution in [2.45, 2.75) is 0 Å². The number of aromatic nitrogens is 2. The molecule has 10 heteroatoms. The molecule has 1 heterocycles. The largest absolute Gasteiger partial charge is 0.544 e. The van der Waals surface area contributed by atoms with Gasteiger partial charge in [-0.3, -0.25) is 9.69 Å². The highest BCUT2D eigenvalue weighted by Crippen LogP contribution is 2.47. The number of benzene rings is 2. The van der Waals surface area contributed by atoms with E-state index in [0.29, 0.717) is 15.9 Å². The number of halogens is 2. The number of hydrogen-bond acceptors (Lipinski definition) is 5. The van der Waals surface area contributed by atoms with Gasteiger partial charge in [0.2, 0.25) is 0 Å². The molecule has 1 atom stereocenters. The topological polar surface area (TPSA) is 102 Å². The second-order valence-corrected chi connectivity index (χ2v) is 6.81. The van der Waals surface area contributed by atoms with E-state index in [1.54, 1.807) is 30.3 Å². The number of nitrogens with zero attached hydrogens (tertiary/aromatic N) is 1. The summed E-state index contributed by atoms with van der Waals surface area (Å²) in [5.41, 5.74) is 0.288. The molecule has 0 amide bonds. The highest BCUT2D eigenvalue weighted by Gasteiger charge is 2.24. The molecule has 24 heavy (non-hydrogen) atoms. The molecule has 2 aromatic carbocycles. The van der Waals surface area contributed by atoms with E-state index in [0.717, 1.165) is 0 Å². The van der Waals surface area contributed by atoms with Crippen LogP contribution in [-0.2, 0) is 8.64 Å². The Bertz CT molecular complexity index is 1020. The second-order valence-electron chi connectivity index (χ2n) is 4.70. The molecule has 0 spiro atoms. The lowest BCUT2D eigenvalue weighted by atomic mass is 10.1. The molecule has 0 aliphatic rings. The fourth-order valence-corrected chi connectivity index (χ4v) is 2.81. The van der Waals surface area contributed by atoms with Crippen LogP contribution in [0.4, 0.5) is 0 Å². The summed E-state index contributed by atoms with van der Waals surface area (Å²) in [4.78, 5) is 28.5. The zero-order valence-corrected chi connectivity index (χ0v) is 14.2. The molecule has 0 saturated heterocycles. The number of nitrogens with one attached hydrogen (secondary N) is 1. The monoisotopic (exact) mass is 386 g/mol. The van der Waals surface area contributed by atoms with Crippen LogP contribution in [0.3, 0.4) is 0 Å². The molecule has 0 radical (unpaired) electrons. The number of para-hydroxylation sites is 1. The average Bonchev–Trinajstić information content (AvgIpc) is 2.55. The summed E-state index contributed by atoms with van der Waals surface area (Å²) in [7, 11) is -4.48. The van der Waals surface area contributed by atoms with Crippen LogP contribution in [0.1, 0.15) is 0 Å². The molecule has 1 unspecified atom stereocenters. The van der Waals surface area contributed by atoms with Crippen molar-refractivity contribution in [3.05, 3.63) is 57.8 Å².